The van der Waals surface area contributed by atoms with Gasteiger partial charge in [-0.15, -0.1) is 0 Å². The minimum atomic E-state index is -0.622. The molecule has 0 unspecified atom stereocenters. The van der Waals surface area contributed by atoms with Gasteiger partial charge in [0, 0.05) is 31.0 Å². The molecule has 2 aromatic rings. The smallest absolute Gasteiger partial charge is 0.338 e. The molecule has 1 heterocycles. The third-order valence-electron chi connectivity index (χ3n) is 4.28. The Hall–Kier alpha value is -2.47. The first kappa shape index (κ1) is 15.4. The lowest BCUT2D eigenvalue weighted by atomic mass is 10.2. The van der Waals surface area contributed by atoms with E-state index in [1.165, 1.54) is 16.8 Å². The molecule has 1 aliphatic carbocycles. The van der Waals surface area contributed by atoms with Crippen molar-refractivity contribution in [2.45, 2.75) is 19.4 Å². The van der Waals surface area contributed by atoms with E-state index in [9.17, 15) is 14.4 Å². The van der Waals surface area contributed by atoms with Gasteiger partial charge in [-0.25, -0.2) is 4.79 Å². The van der Waals surface area contributed by atoms with Gasteiger partial charge in [0.25, 0.3) is 11.5 Å². The molecule has 1 aromatic heterocycles. The second-order valence-corrected chi connectivity index (χ2v) is 5.86. The van der Waals surface area contributed by atoms with E-state index < -0.39 is 17.2 Å². The average Bonchev–Trinajstić information content (AvgIpc) is 3.29. The van der Waals surface area contributed by atoms with Gasteiger partial charge in [-0.05, 0) is 36.8 Å². The second kappa shape index (κ2) is 6.34. The molecule has 1 aliphatic rings. The largest absolute Gasteiger partial charge is 0.396 e. The minimum Gasteiger partial charge on any atom is -0.396 e. The van der Waals surface area contributed by atoms with Crippen molar-refractivity contribution in [2.75, 3.05) is 6.61 Å². The first-order chi connectivity index (χ1) is 11.1. The zero-order chi connectivity index (χ0) is 16.4. The summed E-state index contributed by atoms with van der Waals surface area (Å²) in [6.07, 6.45) is 3.12. The number of aliphatic hydroxyl groups is 1. The summed E-state index contributed by atoms with van der Waals surface area (Å²) in [5.74, 6) is 0.118. The molecule has 1 fully saturated rings. The number of aliphatic hydroxyl groups excluding tert-OH is 1. The highest BCUT2D eigenvalue weighted by molar-refractivity contribution is 5.95. The lowest BCUT2D eigenvalue weighted by Gasteiger charge is -2.09. The van der Waals surface area contributed by atoms with Crippen LogP contribution in [0.15, 0.2) is 52.2 Å². The highest BCUT2D eigenvalue weighted by atomic mass is 16.3. The van der Waals surface area contributed by atoms with Gasteiger partial charge in [-0.1, -0.05) is 18.2 Å². The van der Waals surface area contributed by atoms with E-state index in [2.05, 4.69) is 0 Å². The molecular weight excluding hydrogens is 296 g/mol. The Morgan fingerprint density at radius 1 is 1.13 bits per heavy atom. The van der Waals surface area contributed by atoms with Gasteiger partial charge in [-0.2, -0.15) is 4.57 Å². The number of benzene rings is 1. The predicted octanol–water partition coefficient (Wildman–Crippen LogP) is 0.717. The summed E-state index contributed by atoms with van der Waals surface area (Å²) in [4.78, 5) is 36.9. The summed E-state index contributed by atoms with van der Waals surface area (Å²) in [6, 6.07) is 9.52. The maximum atomic E-state index is 12.5. The average molecular weight is 314 g/mol. The summed E-state index contributed by atoms with van der Waals surface area (Å²) < 4.78 is 2.09. The summed E-state index contributed by atoms with van der Waals surface area (Å²) in [5, 5.41) is 8.94. The van der Waals surface area contributed by atoms with E-state index in [-0.39, 0.29) is 6.61 Å². The first-order valence-corrected chi connectivity index (χ1v) is 7.65. The van der Waals surface area contributed by atoms with Gasteiger partial charge in [0.15, 0.2) is 0 Å². The summed E-state index contributed by atoms with van der Waals surface area (Å²) in [6.45, 7) is 0.605. The van der Waals surface area contributed by atoms with Gasteiger partial charge in [0.05, 0.1) is 0 Å². The van der Waals surface area contributed by atoms with Crippen LogP contribution in [-0.4, -0.2) is 26.8 Å². The van der Waals surface area contributed by atoms with E-state index in [0.29, 0.717) is 28.5 Å². The van der Waals surface area contributed by atoms with Gasteiger partial charge >= 0.3 is 5.69 Å². The molecule has 3 rings (SSSR count). The van der Waals surface area contributed by atoms with Crippen molar-refractivity contribution in [3.63, 3.8) is 0 Å². The molecule has 0 amide bonds. The number of rotatable bonds is 5. The Balaban J connectivity index is 1.90. The Labute approximate surface area is 132 Å². The lowest BCUT2D eigenvalue weighted by molar-refractivity contribution is 0.0948. The van der Waals surface area contributed by atoms with Crippen LogP contribution >= 0.6 is 0 Å². The lowest BCUT2D eigenvalue weighted by Crippen LogP contribution is -2.43. The van der Waals surface area contributed by atoms with E-state index >= 15 is 0 Å². The molecule has 2 atom stereocenters. The van der Waals surface area contributed by atoms with E-state index in [0.717, 1.165) is 12.8 Å². The van der Waals surface area contributed by atoms with Gasteiger partial charge in [-0.3, -0.25) is 14.2 Å². The van der Waals surface area contributed by atoms with Crippen LogP contribution in [0.25, 0.3) is 0 Å². The van der Waals surface area contributed by atoms with Crippen LogP contribution in [0.3, 0.4) is 0 Å². The molecule has 6 nitrogen and oxygen atoms in total. The molecule has 120 valence electrons. The number of hydrogen-bond donors (Lipinski definition) is 1. The fourth-order valence-electron chi connectivity index (χ4n) is 2.86. The zero-order valence-electron chi connectivity index (χ0n) is 12.6. The third kappa shape index (κ3) is 3.17. The highest BCUT2D eigenvalue weighted by Crippen LogP contribution is 2.41. The highest BCUT2D eigenvalue weighted by Gasteiger charge is 2.36. The van der Waals surface area contributed by atoms with Crippen LogP contribution in [0.5, 0.6) is 0 Å². The van der Waals surface area contributed by atoms with Gasteiger partial charge < -0.3 is 5.11 Å². The van der Waals surface area contributed by atoms with Crippen LogP contribution in [0, 0.1) is 11.8 Å². The second-order valence-electron chi connectivity index (χ2n) is 5.86. The monoisotopic (exact) mass is 314 g/mol. The summed E-state index contributed by atoms with van der Waals surface area (Å²) in [7, 11) is 0. The van der Waals surface area contributed by atoms with Gasteiger partial charge in [0.2, 0.25) is 0 Å². The van der Waals surface area contributed by atoms with Gasteiger partial charge in [0.1, 0.15) is 0 Å². The number of carbonyl (C=O) groups is 1. The van der Waals surface area contributed by atoms with Crippen molar-refractivity contribution in [1.29, 1.82) is 0 Å². The Morgan fingerprint density at radius 3 is 2.57 bits per heavy atom. The molecule has 0 bridgehead atoms. The van der Waals surface area contributed by atoms with Crippen LogP contribution in [-0.2, 0) is 6.54 Å². The quantitative estimate of drug-likeness (QED) is 0.881. The third-order valence-corrected chi connectivity index (χ3v) is 4.28. The van der Waals surface area contributed by atoms with Crippen molar-refractivity contribution in [2.24, 2.45) is 11.8 Å². The number of aromatic nitrogens is 2. The van der Waals surface area contributed by atoms with Crippen molar-refractivity contribution in [3.05, 3.63) is 69.0 Å². The predicted molar refractivity (Wildman–Crippen MR) is 84.4 cm³/mol. The molecular formula is C17H18N2O4. The topological polar surface area (TPSA) is 81.3 Å². The maximum absolute atomic E-state index is 12.5. The Morgan fingerprint density at radius 2 is 1.87 bits per heavy atom. The van der Waals surface area contributed by atoms with E-state index in [1.54, 1.807) is 30.3 Å². The Kier molecular flexibility index (Phi) is 4.25. The van der Waals surface area contributed by atoms with Crippen LogP contribution in [0.4, 0.5) is 0 Å². The fourth-order valence-corrected chi connectivity index (χ4v) is 2.86. The number of nitrogens with zero attached hydrogens (tertiary/aromatic N) is 2. The Bertz CT molecular complexity index is 822. The first-order valence-electron chi connectivity index (χ1n) is 7.65. The van der Waals surface area contributed by atoms with Crippen molar-refractivity contribution < 1.29 is 9.90 Å². The van der Waals surface area contributed by atoms with Crippen molar-refractivity contribution in [3.8, 4) is 0 Å². The standard InChI is InChI=1S/C17H18N2O4/c20-9-7-13-10-14(13)11-18-8-6-15(21)19(17(18)23)16(22)12-4-2-1-3-5-12/h1-6,8,13-14,20H,7,9-11H2/t13-,14-/m1/s1. The summed E-state index contributed by atoms with van der Waals surface area (Å²) >= 11 is 0. The normalized spacial score (nSPS) is 19.5. The van der Waals surface area contributed by atoms with Crippen molar-refractivity contribution >= 4 is 5.91 Å². The molecule has 0 saturated heterocycles. The fraction of sp³-hybridized carbons (Fsp3) is 0.353. The van der Waals surface area contributed by atoms with Crippen LogP contribution < -0.4 is 11.2 Å². The molecule has 1 saturated carbocycles. The van der Waals surface area contributed by atoms with E-state index in [4.69, 9.17) is 5.11 Å². The molecule has 6 heteroatoms. The molecule has 23 heavy (non-hydrogen) atoms. The molecule has 1 N–H and O–H groups in total. The molecule has 1 aromatic carbocycles. The molecule has 0 radical (unpaired) electrons. The molecule has 0 spiro atoms. The van der Waals surface area contributed by atoms with Crippen LogP contribution in [0.2, 0.25) is 0 Å². The number of hydrogen-bond acceptors (Lipinski definition) is 4. The number of carbonyl (C=O) groups excluding carboxylic acids is 1. The van der Waals surface area contributed by atoms with Crippen LogP contribution in [0.1, 0.15) is 23.2 Å². The SMILES string of the molecule is O=C(c1ccccc1)n1c(=O)ccn(C[C@H]2C[C@H]2CCO)c1=O. The molecule has 0 aliphatic heterocycles. The maximum Gasteiger partial charge on any atom is 0.338 e. The zero-order valence-corrected chi connectivity index (χ0v) is 12.6. The van der Waals surface area contributed by atoms with E-state index in [1.807, 2.05) is 0 Å². The summed E-state index contributed by atoms with van der Waals surface area (Å²) in [5.41, 5.74) is -0.933. The minimum absolute atomic E-state index is 0.141. The van der Waals surface area contributed by atoms with Crippen molar-refractivity contribution in [1.82, 2.24) is 9.13 Å².